The van der Waals surface area contributed by atoms with Crippen LogP contribution in [-0.4, -0.2) is 37.5 Å². The van der Waals surface area contributed by atoms with E-state index >= 15 is 0 Å². The number of aryl methyl sites for hydroxylation is 1. The number of hydrogen-bond acceptors (Lipinski definition) is 3. The fraction of sp³-hybridized carbons (Fsp3) is 0.650. The highest BCUT2D eigenvalue weighted by Gasteiger charge is 2.23. The van der Waals surface area contributed by atoms with Crippen molar-refractivity contribution < 1.29 is 9.53 Å². The minimum absolute atomic E-state index is 0.315. The van der Waals surface area contributed by atoms with Crippen LogP contribution < -0.4 is 0 Å². The Morgan fingerprint density at radius 1 is 1.22 bits per heavy atom. The van der Waals surface area contributed by atoms with Crippen molar-refractivity contribution in [3.05, 3.63) is 34.9 Å². The van der Waals surface area contributed by atoms with Crippen molar-refractivity contribution >= 4 is 5.78 Å². The smallest absolute Gasteiger partial charge is 0.163 e. The highest BCUT2D eigenvalue weighted by molar-refractivity contribution is 5.97. The lowest BCUT2D eigenvalue weighted by Crippen LogP contribution is -2.29. The van der Waals surface area contributed by atoms with Crippen molar-refractivity contribution in [3.63, 3.8) is 0 Å². The number of carbonyl (C=O) groups excluding carboxylic acids is 1. The summed E-state index contributed by atoms with van der Waals surface area (Å²) in [5.74, 6) is 0.811. The first-order valence-electron chi connectivity index (χ1n) is 9.07. The molecular formula is C20H29NO2. The molecule has 2 aliphatic rings. The molecule has 2 heterocycles. The number of benzene rings is 1. The molecule has 0 aromatic heterocycles. The highest BCUT2D eigenvalue weighted by Crippen LogP contribution is 2.31. The average molecular weight is 315 g/mol. The van der Waals surface area contributed by atoms with E-state index in [0.29, 0.717) is 24.2 Å². The Hall–Kier alpha value is -1.19. The Balaban J connectivity index is 1.75. The normalized spacial score (nSPS) is 23.8. The van der Waals surface area contributed by atoms with Crippen LogP contribution in [-0.2, 0) is 4.74 Å². The number of carbonyl (C=O) groups is 1. The summed E-state index contributed by atoms with van der Waals surface area (Å²) in [6.45, 7) is 4.84. The van der Waals surface area contributed by atoms with Gasteiger partial charge < -0.3 is 4.74 Å². The maximum Gasteiger partial charge on any atom is 0.163 e. The van der Waals surface area contributed by atoms with Crippen LogP contribution >= 0.6 is 0 Å². The Labute approximate surface area is 140 Å². The van der Waals surface area contributed by atoms with Crippen LogP contribution in [0, 0.1) is 12.8 Å². The van der Waals surface area contributed by atoms with E-state index in [1.165, 1.54) is 24.8 Å². The fourth-order valence-corrected chi connectivity index (χ4v) is 3.97. The van der Waals surface area contributed by atoms with E-state index in [2.05, 4.69) is 37.1 Å². The molecule has 2 fully saturated rings. The second-order valence-electron chi connectivity index (χ2n) is 7.25. The van der Waals surface area contributed by atoms with Gasteiger partial charge in [-0.3, -0.25) is 9.69 Å². The molecule has 0 N–H and O–H groups in total. The number of Topliss-reactive ketones (excluding diaryl/α,β-unsaturated/α-hetero) is 1. The molecule has 126 valence electrons. The number of hydrogen-bond donors (Lipinski definition) is 0. The van der Waals surface area contributed by atoms with Gasteiger partial charge in [0.2, 0.25) is 0 Å². The van der Waals surface area contributed by atoms with Gasteiger partial charge >= 0.3 is 0 Å². The first-order valence-corrected chi connectivity index (χ1v) is 9.07. The molecule has 0 aliphatic carbocycles. The minimum atomic E-state index is 0.315. The third-order valence-electron chi connectivity index (χ3n) is 5.53. The van der Waals surface area contributed by atoms with Crippen molar-refractivity contribution in [1.82, 2.24) is 4.90 Å². The summed E-state index contributed by atoms with van der Waals surface area (Å²) in [5, 5.41) is 0. The second-order valence-corrected chi connectivity index (χ2v) is 7.25. The van der Waals surface area contributed by atoms with Gasteiger partial charge in [0.1, 0.15) is 0 Å². The summed E-state index contributed by atoms with van der Waals surface area (Å²) >= 11 is 0. The molecule has 0 saturated carbocycles. The molecule has 1 atom stereocenters. The molecule has 0 spiro atoms. The molecular weight excluding hydrogens is 286 g/mol. The molecule has 0 radical (unpaired) electrons. The van der Waals surface area contributed by atoms with E-state index in [-0.39, 0.29) is 0 Å². The Kier molecular flexibility index (Phi) is 5.50. The van der Waals surface area contributed by atoms with Crippen molar-refractivity contribution in [2.75, 3.05) is 26.8 Å². The zero-order valence-corrected chi connectivity index (χ0v) is 14.5. The second kappa shape index (κ2) is 7.59. The zero-order valence-electron chi connectivity index (χ0n) is 14.5. The van der Waals surface area contributed by atoms with Gasteiger partial charge in [0.25, 0.3) is 0 Å². The van der Waals surface area contributed by atoms with Crippen LogP contribution in [0.3, 0.4) is 0 Å². The highest BCUT2D eigenvalue weighted by atomic mass is 16.5. The minimum Gasteiger partial charge on any atom is -0.381 e. The maximum atomic E-state index is 12.8. The number of piperidine rings is 1. The van der Waals surface area contributed by atoms with E-state index in [9.17, 15) is 4.79 Å². The number of nitrogens with zero attached hydrogens (tertiary/aromatic N) is 1. The maximum absolute atomic E-state index is 12.8. The van der Waals surface area contributed by atoms with E-state index in [1.54, 1.807) is 0 Å². The van der Waals surface area contributed by atoms with Crippen LogP contribution in [0.25, 0.3) is 0 Å². The average Bonchev–Trinajstić information content (AvgIpc) is 2.57. The van der Waals surface area contributed by atoms with Gasteiger partial charge in [0, 0.05) is 31.2 Å². The number of ether oxygens (including phenoxy) is 1. The Bertz CT molecular complexity index is 549. The first kappa shape index (κ1) is 16.7. The van der Waals surface area contributed by atoms with Crippen LogP contribution in [0.5, 0.6) is 0 Å². The third kappa shape index (κ3) is 4.02. The summed E-state index contributed by atoms with van der Waals surface area (Å²) in [6.07, 6.45) is 6.50. The molecule has 1 unspecified atom stereocenters. The quantitative estimate of drug-likeness (QED) is 0.782. The van der Waals surface area contributed by atoms with Crippen LogP contribution in [0.2, 0.25) is 0 Å². The van der Waals surface area contributed by atoms with E-state index in [4.69, 9.17) is 4.74 Å². The van der Waals surface area contributed by atoms with Gasteiger partial charge in [-0.25, -0.2) is 0 Å². The van der Waals surface area contributed by atoms with Crippen LogP contribution in [0.15, 0.2) is 18.2 Å². The first-order chi connectivity index (χ1) is 11.1. The van der Waals surface area contributed by atoms with Gasteiger partial charge in [0.05, 0.1) is 0 Å². The van der Waals surface area contributed by atoms with Gasteiger partial charge in [-0.05, 0) is 69.3 Å². The SMILES string of the molecule is Cc1ccc(C2CCCCN2C)cc1C(=O)CC1CCOCC1. The Morgan fingerprint density at radius 3 is 2.74 bits per heavy atom. The predicted molar refractivity (Wildman–Crippen MR) is 92.9 cm³/mol. The van der Waals surface area contributed by atoms with E-state index < -0.39 is 0 Å². The zero-order chi connectivity index (χ0) is 16.2. The molecule has 1 aromatic carbocycles. The van der Waals surface area contributed by atoms with Gasteiger partial charge in [-0.1, -0.05) is 18.6 Å². The summed E-state index contributed by atoms with van der Waals surface area (Å²) in [6, 6.07) is 6.99. The molecule has 23 heavy (non-hydrogen) atoms. The summed E-state index contributed by atoms with van der Waals surface area (Å²) < 4.78 is 5.40. The Morgan fingerprint density at radius 2 is 2.00 bits per heavy atom. The van der Waals surface area contributed by atoms with Crippen molar-refractivity contribution in [1.29, 1.82) is 0 Å². The lowest BCUT2D eigenvalue weighted by atomic mass is 9.88. The molecule has 3 nitrogen and oxygen atoms in total. The monoisotopic (exact) mass is 315 g/mol. The van der Waals surface area contributed by atoms with E-state index in [0.717, 1.165) is 43.7 Å². The van der Waals surface area contributed by atoms with Crippen molar-refractivity contribution in [2.24, 2.45) is 5.92 Å². The molecule has 1 aromatic rings. The summed E-state index contributed by atoms with van der Waals surface area (Å²) in [5.41, 5.74) is 3.37. The molecule has 2 saturated heterocycles. The fourth-order valence-electron chi connectivity index (χ4n) is 3.97. The van der Waals surface area contributed by atoms with Crippen molar-refractivity contribution in [3.8, 4) is 0 Å². The molecule has 0 amide bonds. The van der Waals surface area contributed by atoms with Crippen molar-refractivity contribution in [2.45, 2.75) is 51.5 Å². The standard InChI is InChI=1S/C20H29NO2/c1-15-6-7-17(19-5-3-4-10-21(19)2)14-18(15)20(22)13-16-8-11-23-12-9-16/h6-7,14,16,19H,3-5,8-13H2,1-2H3. The topological polar surface area (TPSA) is 29.5 Å². The molecule has 0 bridgehead atoms. The van der Waals surface area contributed by atoms with Gasteiger partial charge in [-0.2, -0.15) is 0 Å². The predicted octanol–water partition coefficient (Wildman–Crippen LogP) is 4.15. The van der Waals surface area contributed by atoms with Gasteiger partial charge in [0.15, 0.2) is 5.78 Å². The van der Waals surface area contributed by atoms with Gasteiger partial charge in [-0.15, -0.1) is 0 Å². The molecule has 3 heteroatoms. The van der Waals surface area contributed by atoms with Crippen LogP contribution in [0.4, 0.5) is 0 Å². The van der Waals surface area contributed by atoms with Crippen LogP contribution in [0.1, 0.15) is 66.1 Å². The van der Waals surface area contributed by atoms with E-state index in [1.807, 2.05) is 0 Å². The lowest BCUT2D eigenvalue weighted by molar-refractivity contribution is 0.0601. The lowest BCUT2D eigenvalue weighted by Gasteiger charge is -2.33. The number of ketones is 1. The number of likely N-dealkylation sites (tertiary alicyclic amines) is 1. The largest absolute Gasteiger partial charge is 0.381 e. The number of rotatable bonds is 4. The summed E-state index contributed by atoms with van der Waals surface area (Å²) in [7, 11) is 2.20. The molecule has 2 aliphatic heterocycles. The molecule has 3 rings (SSSR count). The summed E-state index contributed by atoms with van der Waals surface area (Å²) in [4.78, 5) is 15.2. The third-order valence-corrected chi connectivity index (χ3v) is 5.53.